The summed E-state index contributed by atoms with van der Waals surface area (Å²) in [6, 6.07) is 7.88. The molecule has 0 N–H and O–H groups in total. The molecule has 2 aliphatic rings. The number of fused-ring (bicyclic) bond motifs is 6. The number of carbonyl (C=O) groups excluding carboxylic acids is 1. The van der Waals surface area contributed by atoms with E-state index in [4.69, 9.17) is 23.9 Å². The lowest BCUT2D eigenvalue weighted by molar-refractivity contribution is -0.131. The Morgan fingerprint density at radius 2 is 1.93 bits per heavy atom. The summed E-state index contributed by atoms with van der Waals surface area (Å²) in [6.07, 6.45) is 3.47. The molecule has 0 bridgehead atoms. The quantitative estimate of drug-likeness (QED) is 0.511. The SMILES string of the molecule is COc1ccc2c3c(ncc2c1OC(C)=O)-c1cc2c(cc1CC3)OCO2. The van der Waals surface area contributed by atoms with E-state index in [1.165, 1.54) is 12.5 Å². The summed E-state index contributed by atoms with van der Waals surface area (Å²) < 4.78 is 21.8. The van der Waals surface area contributed by atoms with Gasteiger partial charge in [-0.2, -0.15) is 0 Å². The van der Waals surface area contributed by atoms with Crippen LogP contribution < -0.4 is 18.9 Å². The maximum Gasteiger partial charge on any atom is 0.308 e. The van der Waals surface area contributed by atoms with Crippen molar-refractivity contribution in [3.8, 4) is 34.3 Å². The number of benzene rings is 2. The summed E-state index contributed by atoms with van der Waals surface area (Å²) in [5, 5.41) is 1.79. The first-order valence-electron chi connectivity index (χ1n) is 8.75. The first-order chi connectivity index (χ1) is 13.2. The van der Waals surface area contributed by atoms with Crippen molar-refractivity contribution in [2.75, 3.05) is 13.9 Å². The van der Waals surface area contributed by atoms with E-state index in [2.05, 4.69) is 0 Å². The van der Waals surface area contributed by atoms with Crippen molar-refractivity contribution >= 4 is 16.7 Å². The molecule has 0 radical (unpaired) electrons. The number of esters is 1. The molecule has 6 nitrogen and oxygen atoms in total. The Morgan fingerprint density at radius 1 is 1.11 bits per heavy atom. The number of rotatable bonds is 2. The molecule has 0 amide bonds. The Bertz CT molecular complexity index is 1110. The van der Waals surface area contributed by atoms with E-state index < -0.39 is 5.97 Å². The third kappa shape index (κ3) is 2.40. The molecule has 136 valence electrons. The van der Waals surface area contributed by atoms with Crippen LogP contribution in [0.25, 0.3) is 22.0 Å². The molecule has 0 saturated heterocycles. The summed E-state index contributed by atoms with van der Waals surface area (Å²) in [5.74, 6) is 2.07. The summed E-state index contributed by atoms with van der Waals surface area (Å²) >= 11 is 0. The van der Waals surface area contributed by atoms with Crippen LogP contribution in [-0.2, 0) is 17.6 Å². The van der Waals surface area contributed by atoms with E-state index in [9.17, 15) is 4.79 Å². The highest BCUT2D eigenvalue weighted by molar-refractivity contribution is 5.97. The summed E-state index contributed by atoms with van der Waals surface area (Å²) in [7, 11) is 1.55. The Labute approximate surface area is 155 Å². The Kier molecular flexibility index (Phi) is 3.47. The average molecular weight is 363 g/mol. The Balaban J connectivity index is 1.74. The first-order valence-corrected chi connectivity index (χ1v) is 8.75. The van der Waals surface area contributed by atoms with E-state index in [0.717, 1.165) is 51.9 Å². The fraction of sp³-hybridized carbons (Fsp3) is 0.238. The van der Waals surface area contributed by atoms with Gasteiger partial charge < -0.3 is 18.9 Å². The van der Waals surface area contributed by atoms with Gasteiger partial charge in [0.2, 0.25) is 6.79 Å². The van der Waals surface area contributed by atoms with Crippen LogP contribution in [0.1, 0.15) is 18.1 Å². The number of methoxy groups -OCH3 is 1. The molecule has 5 rings (SSSR count). The molecule has 0 unspecified atom stereocenters. The number of aryl methyl sites for hydroxylation is 2. The van der Waals surface area contributed by atoms with Crippen LogP contribution in [-0.4, -0.2) is 24.9 Å². The van der Waals surface area contributed by atoms with E-state index in [-0.39, 0.29) is 6.79 Å². The van der Waals surface area contributed by atoms with Crippen molar-refractivity contribution in [3.63, 3.8) is 0 Å². The minimum Gasteiger partial charge on any atom is -0.493 e. The second-order valence-electron chi connectivity index (χ2n) is 6.60. The monoisotopic (exact) mass is 363 g/mol. The van der Waals surface area contributed by atoms with Gasteiger partial charge in [0.1, 0.15) is 0 Å². The van der Waals surface area contributed by atoms with Gasteiger partial charge in [-0.3, -0.25) is 9.78 Å². The number of aromatic nitrogens is 1. The molecule has 3 aromatic rings. The third-order valence-corrected chi connectivity index (χ3v) is 5.06. The summed E-state index contributed by atoms with van der Waals surface area (Å²) in [4.78, 5) is 16.3. The highest BCUT2D eigenvalue weighted by Gasteiger charge is 2.26. The second kappa shape index (κ2) is 5.87. The van der Waals surface area contributed by atoms with Gasteiger partial charge in [0.05, 0.1) is 12.8 Å². The van der Waals surface area contributed by atoms with Crippen LogP contribution in [0, 0.1) is 0 Å². The summed E-state index contributed by atoms with van der Waals surface area (Å²) in [5.41, 5.74) is 4.33. The maximum atomic E-state index is 11.6. The van der Waals surface area contributed by atoms with E-state index in [1.54, 1.807) is 13.3 Å². The smallest absolute Gasteiger partial charge is 0.308 e. The fourth-order valence-electron chi connectivity index (χ4n) is 3.87. The molecule has 0 spiro atoms. The molecule has 0 fully saturated rings. The van der Waals surface area contributed by atoms with Crippen LogP contribution in [0.15, 0.2) is 30.5 Å². The zero-order valence-electron chi connectivity index (χ0n) is 15.0. The normalized spacial score (nSPS) is 13.9. The standard InChI is InChI=1S/C21H17NO5/c1-11(23)27-21-16-9-22-20-14(13(16)5-6-17(21)24-2)4-3-12-7-18-19(8-15(12)20)26-10-25-18/h5-9H,3-4,10H2,1-2H3. The van der Waals surface area contributed by atoms with Gasteiger partial charge in [-0.15, -0.1) is 0 Å². The van der Waals surface area contributed by atoms with Crippen LogP contribution >= 0.6 is 0 Å². The van der Waals surface area contributed by atoms with Crippen molar-refractivity contribution in [3.05, 3.63) is 41.6 Å². The first kappa shape index (κ1) is 15.9. The average Bonchev–Trinajstić information content (AvgIpc) is 3.13. The summed E-state index contributed by atoms with van der Waals surface area (Å²) in [6.45, 7) is 1.63. The lowest BCUT2D eigenvalue weighted by Gasteiger charge is -2.22. The Morgan fingerprint density at radius 3 is 2.70 bits per heavy atom. The number of carbonyl (C=O) groups is 1. The molecule has 0 saturated carbocycles. The molecule has 27 heavy (non-hydrogen) atoms. The predicted molar refractivity (Wildman–Crippen MR) is 98.6 cm³/mol. The van der Waals surface area contributed by atoms with Crippen molar-refractivity contribution in [2.45, 2.75) is 19.8 Å². The van der Waals surface area contributed by atoms with Gasteiger partial charge in [0.15, 0.2) is 23.0 Å². The lowest BCUT2D eigenvalue weighted by Crippen LogP contribution is -2.08. The third-order valence-electron chi connectivity index (χ3n) is 5.06. The van der Waals surface area contributed by atoms with Crippen LogP contribution in [0.3, 0.4) is 0 Å². The minimum atomic E-state index is -0.392. The van der Waals surface area contributed by atoms with Crippen molar-refractivity contribution in [1.29, 1.82) is 0 Å². The Hall–Kier alpha value is -3.28. The molecule has 1 aromatic heterocycles. The van der Waals surface area contributed by atoms with E-state index >= 15 is 0 Å². The van der Waals surface area contributed by atoms with Crippen molar-refractivity contribution < 1.29 is 23.7 Å². The van der Waals surface area contributed by atoms with E-state index in [1.807, 2.05) is 24.3 Å². The molecule has 6 heteroatoms. The second-order valence-corrected chi connectivity index (χ2v) is 6.60. The van der Waals surface area contributed by atoms with Crippen LogP contribution in [0.2, 0.25) is 0 Å². The minimum absolute atomic E-state index is 0.252. The van der Waals surface area contributed by atoms with Gasteiger partial charge in [-0.1, -0.05) is 6.07 Å². The van der Waals surface area contributed by atoms with Gasteiger partial charge in [0, 0.05) is 24.1 Å². The van der Waals surface area contributed by atoms with Crippen LogP contribution in [0.4, 0.5) is 0 Å². The number of hydrogen-bond donors (Lipinski definition) is 0. The number of hydrogen-bond acceptors (Lipinski definition) is 6. The zero-order chi connectivity index (χ0) is 18.5. The van der Waals surface area contributed by atoms with Gasteiger partial charge >= 0.3 is 5.97 Å². The number of pyridine rings is 1. The molecular weight excluding hydrogens is 346 g/mol. The van der Waals surface area contributed by atoms with Gasteiger partial charge in [-0.05, 0) is 47.6 Å². The van der Waals surface area contributed by atoms with Crippen molar-refractivity contribution in [2.24, 2.45) is 0 Å². The molecule has 1 aliphatic carbocycles. The highest BCUT2D eigenvalue weighted by Crippen LogP contribution is 2.45. The van der Waals surface area contributed by atoms with Gasteiger partial charge in [-0.25, -0.2) is 0 Å². The molecular formula is C21H17NO5. The molecule has 1 aliphatic heterocycles. The van der Waals surface area contributed by atoms with Crippen LogP contribution in [0.5, 0.6) is 23.0 Å². The largest absolute Gasteiger partial charge is 0.493 e. The number of ether oxygens (including phenoxy) is 4. The molecule has 2 aromatic carbocycles. The highest BCUT2D eigenvalue weighted by atomic mass is 16.7. The van der Waals surface area contributed by atoms with Crippen molar-refractivity contribution in [1.82, 2.24) is 4.98 Å². The molecule has 2 heterocycles. The predicted octanol–water partition coefficient (Wildman–Crippen LogP) is 3.66. The topological polar surface area (TPSA) is 66.9 Å². The van der Waals surface area contributed by atoms with Gasteiger partial charge in [0.25, 0.3) is 0 Å². The molecule has 0 atom stereocenters. The zero-order valence-corrected chi connectivity index (χ0v) is 15.0. The maximum absolute atomic E-state index is 11.6. The fourth-order valence-corrected chi connectivity index (χ4v) is 3.87. The lowest BCUT2D eigenvalue weighted by atomic mass is 9.86. The number of nitrogens with zero attached hydrogens (tertiary/aromatic N) is 1. The van der Waals surface area contributed by atoms with E-state index in [0.29, 0.717) is 11.5 Å².